The van der Waals surface area contributed by atoms with E-state index in [1.165, 1.54) is 5.06 Å². The average Bonchev–Trinajstić information content (AvgIpc) is 2.48. The van der Waals surface area contributed by atoms with E-state index in [4.69, 9.17) is 4.84 Å². The summed E-state index contributed by atoms with van der Waals surface area (Å²) < 4.78 is 0. The fourth-order valence-corrected chi connectivity index (χ4v) is 2.51. The van der Waals surface area contributed by atoms with Crippen molar-refractivity contribution in [3.05, 3.63) is 71.8 Å². The molecule has 0 aliphatic carbocycles. The lowest BCUT2D eigenvalue weighted by Crippen LogP contribution is -2.61. The quantitative estimate of drug-likeness (QED) is 0.841. The van der Waals surface area contributed by atoms with Gasteiger partial charge in [-0.1, -0.05) is 60.7 Å². The molecule has 0 N–H and O–H groups in total. The van der Waals surface area contributed by atoms with Crippen molar-refractivity contribution in [2.75, 3.05) is 7.05 Å². The standard InChI is InChI=1S/C16H15NO2/c1-17-15(18)16(19-17,14-10-6-3-7-11-14)12-13-8-4-2-5-9-13/h2-11H,12H2,1H3. The summed E-state index contributed by atoms with van der Waals surface area (Å²) in [6.45, 7) is 0. The third-order valence-corrected chi connectivity index (χ3v) is 3.46. The zero-order valence-corrected chi connectivity index (χ0v) is 10.7. The van der Waals surface area contributed by atoms with Crippen LogP contribution >= 0.6 is 0 Å². The summed E-state index contributed by atoms with van der Waals surface area (Å²) in [6.07, 6.45) is 0.557. The zero-order valence-electron chi connectivity index (χ0n) is 10.7. The first-order valence-electron chi connectivity index (χ1n) is 6.29. The van der Waals surface area contributed by atoms with Crippen molar-refractivity contribution >= 4 is 5.91 Å². The molecule has 96 valence electrons. The molecule has 3 rings (SSSR count). The summed E-state index contributed by atoms with van der Waals surface area (Å²) in [6, 6.07) is 19.6. The van der Waals surface area contributed by atoms with Crippen LogP contribution in [-0.4, -0.2) is 18.0 Å². The molecule has 1 aliphatic heterocycles. The van der Waals surface area contributed by atoms with E-state index in [1.54, 1.807) is 7.05 Å². The number of benzene rings is 2. The van der Waals surface area contributed by atoms with Gasteiger partial charge in [-0.2, -0.15) is 0 Å². The van der Waals surface area contributed by atoms with Gasteiger partial charge in [-0.05, 0) is 11.1 Å². The smallest absolute Gasteiger partial charge is 0.269 e. The van der Waals surface area contributed by atoms with Gasteiger partial charge in [-0.3, -0.25) is 4.79 Å². The van der Waals surface area contributed by atoms with Gasteiger partial charge in [0.2, 0.25) is 5.60 Å². The van der Waals surface area contributed by atoms with E-state index in [1.807, 2.05) is 60.7 Å². The highest BCUT2D eigenvalue weighted by atomic mass is 16.7. The average molecular weight is 253 g/mol. The summed E-state index contributed by atoms with van der Waals surface area (Å²) in [7, 11) is 1.65. The molecule has 1 aliphatic rings. The molecule has 2 aromatic rings. The van der Waals surface area contributed by atoms with Gasteiger partial charge in [-0.25, -0.2) is 9.90 Å². The summed E-state index contributed by atoms with van der Waals surface area (Å²) in [4.78, 5) is 18.0. The van der Waals surface area contributed by atoms with Crippen LogP contribution in [0.2, 0.25) is 0 Å². The lowest BCUT2D eigenvalue weighted by Gasteiger charge is -2.46. The number of rotatable bonds is 3. The Balaban J connectivity index is 1.98. The molecule has 1 amide bonds. The summed E-state index contributed by atoms with van der Waals surface area (Å²) in [5.41, 5.74) is 1.13. The molecule has 19 heavy (non-hydrogen) atoms. The Morgan fingerprint density at radius 1 is 1.00 bits per heavy atom. The van der Waals surface area contributed by atoms with Gasteiger partial charge in [0.05, 0.1) is 0 Å². The highest BCUT2D eigenvalue weighted by molar-refractivity contribution is 5.89. The first-order chi connectivity index (χ1) is 9.22. The number of amides is 1. The Morgan fingerprint density at radius 3 is 2.11 bits per heavy atom. The highest BCUT2D eigenvalue weighted by Crippen LogP contribution is 2.39. The minimum Gasteiger partial charge on any atom is -0.269 e. The van der Waals surface area contributed by atoms with Crippen molar-refractivity contribution in [1.29, 1.82) is 0 Å². The van der Waals surface area contributed by atoms with Crippen LogP contribution in [0.1, 0.15) is 11.1 Å². The van der Waals surface area contributed by atoms with Gasteiger partial charge in [0.1, 0.15) is 0 Å². The Bertz CT molecular complexity index is 582. The molecule has 1 fully saturated rings. The van der Waals surface area contributed by atoms with Crippen molar-refractivity contribution in [2.45, 2.75) is 12.0 Å². The number of nitrogens with zero attached hydrogens (tertiary/aromatic N) is 1. The number of hydroxylamine groups is 2. The normalized spacial score (nSPS) is 22.2. The van der Waals surface area contributed by atoms with E-state index < -0.39 is 5.60 Å². The van der Waals surface area contributed by atoms with Crippen molar-refractivity contribution in [1.82, 2.24) is 5.06 Å². The Kier molecular flexibility index (Phi) is 2.84. The number of carbonyl (C=O) groups excluding carboxylic acids is 1. The second-order valence-electron chi connectivity index (χ2n) is 4.75. The van der Waals surface area contributed by atoms with Crippen molar-refractivity contribution in [2.24, 2.45) is 0 Å². The molecule has 3 nitrogen and oxygen atoms in total. The van der Waals surface area contributed by atoms with Crippen LogP contribution in [0.4, 0.5) is 0 Å². The number of hydrogen-bond donors (Lipinski definition) is 0. The lowest BCUT2D eigenvalue weighted by atomic mass is 9.84. The van der Waals surface area contributed by atoms with E-state index in [2.05, 4.69) is 0 Å². The zero-order chi connectivity index (χ0) is 13.3. The molecule has 0 spiro atoms. The van der Waals surface area contributed by atoms with E-state index >= 15 is 0 Å². The van der Waals surface area contributed by atoms with E-state index in [0.717, 1.165) is 11.1 Å². The maximum atomic E-state index is 12.3. The Labute approximate surface area is 112 Å². The van der Waals surface area contributed by atoms with Crippen molar-refractivity contribution in [3.63, 3.8) is 0 Å². The minimum absolute atomic E-state index is 0.00236. The molecule has 0 saturated carbocycles. The predicted molar refractivity (Wildman–Crippen MR) is 72.1 cm³/mol. The summed E-state index contributed by atoms with van der Waals surface area (Å²) >= 11 is 0. The molecule has 3 heteroatoms. The molecule has 2 aromatic carbocycles. The van der Waals surface area contributed by atoms with Gasteiger partial charge in [0.25, 0.3) is 5.91 Å². The van der Waals surface area contributed by atoms with Gasteiger partial charge in [-0.15, -0.1) is 0 Å². The predicted octanol–water partition coefficient (Wildman–Crippen LogP) is 2.53. The van der Waals surface area contributed by atoms with E-state index in [9.17, 15) is 4.79 Å². The number of likely N-dealkylation sites (N-methyl/N-ethyl adjacent to an activating group) is 1. The van der Waals surface area contributed by atoms with Crippen molar-refractivity contribution in [3.8, 4) is 0 Å². The second kappa shape index (κ2) is 4.52. The largest absolute Gasteiger partial charge is 0.285 e. The van der Waals surface area contributed by atoms with Gasteiger partial charge in [0, 0.05) is 13.5 Å². The molecule has 1 unspecified atom stereocenters. The topological polar surface area (TPSA) is 29.5 Å². The number of hydrogen-bond acceptors (Lipinski definition) is 2. The second-order valence-corrected chi connectivity index (χ2v) is 4.75. The monoisotopic (exact) mass is 253 g/mol. The highest BCUT2D eigenvalue weighted by Gasteiger charge is 2.54. The molecule has 0 bridgehead atoms. The maximum absolute atomic E-state index is 12.3. The van der Waals surface area contributed by atoms with E-state index in [-0.39, 0.29) is 5.91 Å². The lowest BCUT2D eigenvalue weighted by molar-refractivity contribution is -0.303. The Hall–Kier alpha value is -2.13. The van der Waals surface area contributed by atoms with Crippen LogP contribution in [0.25, 0.3) is 0 Å². The van der Waals surface area contributed by atoms with E-state index in [0.29, 0.717) is 6.42 Å². The first kappa shape index (κ1) is 11.9. The fourth-order valence-electron chi connectivity index (χ4n) is 2.51. The minimum atomic E-state index is -0.864. The van der Waals surface area contributed by atoms with Crippen molar-refractivity contribution < 1.29 is 9.63 Å². The van der Waals surface area contributed by atoms with Crippen LogP contribution < -0.4 is 0 Å². The molecular weight excluding hydrogens is 238 g/mol. The van der Waals surface area contributed by atoms with Gasteiger partial charge in [0.15, 0.2) is 0 Å². The van der Waals surface area contributed by atoms with Crippen LogP contribution in [0.3, 0.4) is 0 Å². The van der Waals surface area contributed by atoms with Crippen LogP contribution in [0.5, 0.6) is 0 Å². The fraction of sp³-hybridized carbons (Fsp3) is 0.188. The molecule has 1 atom stereocenters. The van der Waals surface area contributed by atoms with Gasteiger partial charge >= 0.3 is 0 Å². The third-order valence-electron chi connectivity index (χ3n) is 3.46. The molecule has 0 radical (unpaired) electrons. The maximum Gasteiger partial charge on any atom is 0.285 e. The molecule has 0 aromatic heterocycles. The van der Waals surface area contributed by atoms with Crippen LogP contribution in [0, 0.1) is 0 Å². The summed E-state index contributed by atoms with van der Waals surface area (Å²) in [5, 5.41) is 1.30. The molecule has 1 heterocycles. The molecule has 1 saturated heterocycles. The Morgan fingerprint density at radius 2 is 1.58 bits per heavy atom. The third kappa shape index (κ3) is 1.92. The SMILES string of the molecule is CN1OC(Cc2ccccc2)(c2ccccc2)C1=O. The van der Waals surface area contributed by atoms with Crippen LogP contribution in [-0.2, 0) is 21.7 Å². The van der Waals surface area contributed by atoms with Crippen LogP contribution in [0.15, 0.2) is 60.7 Å². The summed E-state index contributed by atoms with van der Waals surface area (Å²) in [5.74, 6) is 0.00236. The first-order valence-corrected chi connectivity index (χ1v) is 6.29. The molecular formula is C16H15NO2. The number of carbonyl (C=O) groups is 1. The van der Waals surface area contributed by atoms with Gasteiger partial charge < -0.3 is 0 Å².